The smallest absolute Gasteiger partial charge is 0.403 e. The molecule has 32 heavy (non-hydrogen) atoms. The van der Waals surface area contributed by atoms with Gasteiger partial charge in [-0.3, -0.25) is 4.39 Å². The van der Waals surface area contributed by atoms with E-state index in [0.717, 1.165) is 68.4 Å². The molecule has 0 spiro atoms. The van der Waals surface area contributed by atoms with Gasteiger partial charge in [0.25, 0.3) is 0 Å². The largest absolute Gasteiger partial charge is 0.573 e. The molecule has 2 aliphatic carbocycles. The third-order valence-corrected chi connectivity index (χ3v) is 7.37. The van der Waals surface area contributed by atoms with E-state index in [2.05, 4.69) is 16.9 Å². The van der Waals surface area contributed by atoms with Crippen molar-refractivity contribution in [3.8, 4) is 5.75 Å². The van der Waals surface area contributed by atoms with E-state index in [4.69, 9.17) is 0 Å². The van der Waals surface area contributed by atoms with Crippen LogP contribution in [-0.4, -0.2) is 13.0 Å². The summed E-state index contributed by atoms with van der Waals surface area (Å²) in [6.07, 6.45) is 12.5. The van der Waals surface area contributed by atoms with Crippen LogP contribution >= 0.6 is 0 Å². The highest BCUT2D eigenvalue weighted by Gasteiger charge is 2.33. The Labute approximate surface area is 188 Å². The average Bonchev–Trinajstić information content (AvgIpc) is 2.77. The maximum Gasteiger partial charge on any atom is 0.573 e. The van der Waals surface area contributed by atoms with E-state index < -0.39 is 17.9 Å². The summed E-state index contributed by atoms with van der Waals surface area (Å²) in [4.78, 5) is 0. The molecule has 0 aromatic heterocycles. The van der Waals surface area contributed by atoms with Crippen LogP contribution in [0.5, 0.6) is 5.75 Å². The van der Waals surface area contributed by atoms with Gasteiger partial charge in [0.1, 0.15) is 0 Å². The Morgan fingerprint density at radius 1 is 0.875 bits per heavy atom. The van der Waals surface area contributed by atoms with Crippen molar-refractivity contribution in [1.82, 2.24) is 0 Å². The van der Waals surface area contributed by atoms with Gasteiger partial charge in [-0.15, -0.1) is 13.2 Å². The second kappa shape index (κ2) is 12.0. The van der Waals surface area contributed by atoms with Gasteiger partial charge in [-0.25, -0.2) is 4.39 Å². The average molecular weight is 459 g/mol. The first-order valence-electron chi connectivity index (χ1n) is 12.1. The maximum absolute atomic E-state index is 14.1. The van der Waals surface area contributed by atoms with Crippen LogP contribution in [0.4, 0.5) is 22.0 Å². The molecule has 0 aliphatic heterocycles. The van der Waals surface area contributed by atoms with Gasteiger partial charge in [0.15, 0.2) is 11.6 Å². The molecule has 2 aliphatic rings. The molecule has 0 amide bonds. The molecule has 1 aromatic rings. The summed E-state index contributed by atoms with van der Waals surface area (Å²) in [5.74, 6) is 0.735. The minimum absolute atomic E-state index is 0.208. The summed E-state index contributed by atoms with van der Waals surface area (Å²) in [7, 11) is 0. The number of rotatable bonds is 9. The van der Waals surface area contributed by atoms with E-state index >= 15 is 0 Å². The molecule has 3 rings (SSSR count). The van der Waals surface area contributed by atoms with Crippen molar-refractivity contribution in [2.75, 3.05) is 6.67 Å². The molecule has 0 saturated heterocycles. The van der Waals surface area contributed by atoms with Gasteiger partial charge in [0, 0.05) is 0 Å². The van der Waals surface area contributed by atoms with Crippen LogP contribution in [0.2, 0.25) is 0 Å². The highest BCUT2D eigenvalue weighted by Crippen LogP contribution is 2.44. The number of alkyl halides is 4. The maximum atomic E-state index is 14.1. The second-order valence-corrected chi connectivity index (χ2v) is 9.52. The summed E-state index contributed by atoms with van der Waals surface area (Å²) < 4.78 is 66.9. The fraction of sp³-hybridized carbons (Fsp3) is 0.692. The Bertz CT molecular complexity index is 713. The van der Waals surface area contributed by atoms with E-state index in [1.165, 1.54) is 31.7 Å². The molecule has 0 unspecified atom stereocenters. The summed E-state index contributed by atoms with van der Waals surface area (Å²) in [6.45, 7) is -0.222. The van der Waals surface area contributed by atoms with Crippen molar-refractivity contribution in [3.05, 3.63) is 41.7 Å². The monoisotopic (exact) mass is 458 g/mol. The van der Waals surface area contributed by atoms with E-state index in [-0.39, 0.29) is 12.6 Å². The lowest BCUT2D eigenvalue weighted by Gasteiger charge is -2.38. The van der Waals surface area contributed by atoms with Crippen molar-refractivity contribution < 1.29 is 26.7 Å². The number of allylic oxidation sites excluding steroid dienone is 2. The third kappa shape index (κ3) is 7.77. The van der Waals surface area contributed by atoms with Crippen LogP contribution in [0.15, 0.2) is 30.4 Å². The van der Waals surface area contributed by atoms with Crippen LogP contribution in [0, 0.1) is 23.6 Å². The van der Waals surface area contributed by atoms with Gasteiger partial charge in [0.05, 0.1) is 6.67 Å². The highest BCUT2D eigenvalue weighted by atomic mass is 19.4. The Morgan fingerprint density at radius 3 is 2.12 bits per heavy atom. The number of hydrogen-bond donors (Lipinski definition) is 0. The highest BCUT2D eigenvalue weighted by molar-refractivity contribution is 5.31. The fourth-order valence-corrected chi connectivity index (χ4v) is 5.56. The first kappa shape index (κ1) is 25.0. The molecule has 1 nitrogen and oxygen atoms in total. The van der Waals surface area contributed by atoms with E-state index in [1.807, 2.05) is 0 Å². The molecule has 6 heteroatoms. The Hall–Kier alpha value is -1.59. The summed E-state index contributed by atoms with van der Waals surface area (Å²) in [6, 6.07) is 3.88. The normalized spacial score (nSPS) is 27.0. The lowest BCUT2D eigenvalue weighted by atomic mass is 9.68. The van der Waals surface area contributed by atoms with Crippen molar-refractivity contribution in [2.45, 2.75) is 89.3 Å². The number of halogens is 5. The minimum atomic E-state index is -4.88. The molecular weight excluding hydrogens is 423 g/mol. The van der Waals surface area contributed by atoms with Gasteiger partial charge < -0.3 is 4.74 Å². The van der Waals surface area contributed by atoms with Crippen LogP contribution in [0.25, 0.3) is 0 Å². The van der Waals surface area contributed by atoms with Gasteiger partial charge in [-0.05, 0) is 118 Å². The van der Waals surface area contributed by atoms with E-state index in [0.29, 0.717) is 12.3 Å². The second-order valence-electron chi connectivity index (χ2n) is 9.52. The summed E-state index contributed by atoms with van der Waals surface area (Å²) in [5.41, 5.74) is 0.775. The molecule has 2 fully saturated rings. The minimum Gasteiger partial charge on any atom is -0.403 e. The van der Waals surface area contributed by atoms with Gasteiger partial charge in [-0.2, -0.15) is 0 Å². The summed E-state index contributed by atoms with van der Waals surface area (Å²) in [5, 5.41) is 0. The first-order chi connectivity index (χ1) is 15.4. The molecule has 2 saturated carbocycles. The van der Waals surface area contributed by atoms with Crippen LogP contribution in [-0.2, 0) is 0 Å². The molecule has 0 bridgehead atoms. The van der Waals surface area contributed by atoms with Gasteiger partial charge >= 0.3 is 6.36 Å². The zero-order valence-electron chi connectivity index (χ0n) is 18.7. The number of ether oxygens (including phenoxy) is 1. The molecule has 0 atom stereocenters. The Balaban J connectivity index is 1.39. The molecule has 1 aromatic carbocycles. The molecule has 0 heterocycles. The zero-order chi connectivity index (χ0) is 23.0. The Kier molecular flexibility index (Phi) is 9.42. The van der Waals surface area contributed by atoms with Crippen LogP contribution in [0.1, 0.15) is 88.5 Å². The number of benzene rings is 1. The standard InChI is InChI=1S/C26H35F5O/c27-17-5-3-1-2-4-6-19-7-9-20(10-8-19)21-11-13-22(14-12-21)23-15-16-25(24(28)18-23)32-26(29,30)31/h2,4,15-16,18-22H,1,3,5-14,17H2/b4-2+/t19-,20-,21?,22?. The van der Waals surface area contributed by atoms with E-state index in [9.17, 15) is 22.0 Å². The van der Waals surface area contributed by atoms with Crippen molar-refractivity contribution >= 4 is 0 Å². The molecule has 0 radical (unpaired) electrons. The predicted molar refractivity (Wildman–Crippen MR) is 117 cm³/mol. The number of unbranched alkanes of at least 4 members (excludes halogenated alkanes) is 2. The summed E-state index contributed by atoms with van der Waals surface area (Å²) >= 11 is 0. The topological polar surface area (TPSA) is 9.23 Å². The predicted octanol–water partition coefficient (Wildman–Crippen LogP) is 8.89. The quantitative estimate of drug-likeness (QED) is 0.204. The Morgan fingerprint density at radius 2 is 1.53 bits per heavy atom. The van der Waals surface area contributed by atoms with Gasteiger partial charge in [-0.1, -0.05) is 18.2 Å². The van der Waals surface area contributed by atoms with Gasteiger partial charge in [0.2, 0.25) is 0 Å². The van der Waals surface area contributed by atoms with Crippen LogP contribution < -0.4 is 4.74 Å². The molecule has 0 N–H and O–H groups in total. The SMILES string of the molecule is FCCCC/C=C/C[C@H]1CC[C@H](C2CCC(c3ccc(OC(F)(F)F)c(F)c3)CC2)CC1. The first-order valence-corrected chi connectivity index (χ1v) is 12.1. The lowest BCUT2D eigenvalue weighted by Crippen LogP contribution is -2.25. The fourth-order valence-electron chi connectivity index (χ4n) is 5.56. The van der Waals surface area contributed by atoms with Crippen molar-refractivity contribution in [1.29, 1.82) is 0 Å². The number of hydrogen-bond acceptors (Lipinski definition) is 1. The molecular formula is C26H35F5O. The van der Waals surface area contributed by atoms with Crippen molar-refractivity contribution in [2.24, 2.45) is 17.8 Å². The third-order valence-electron chi connectivity index (χ3n) is 7.37. The lowest BCUT2D eigenvalue weighted by molar-refractivity contribution is -0.275. The molecule has 180 valence electrons. The van der Waals surface area contributed by atoms with Crippen LogP contribution in [0.3, 0.4) is 0 Å². The van der Waals surface area contributed by atoms with E-state index in [1.54, 1.807) is 6.07 Å². The van der Waals surface area contributed by atoms with Crippen molar-refractivity contribution in [3.63, 3.8) is 0 Å². The zero-order valence-corrected chi connectivity index (χ0v) is 18.7.